The third-order valence-electron chi connectivity index (χ3n) is 2.44. The highest BCUT2D eigenvalue weighted by atomic mass is 19.4. The predicted molar refractivity (Wildman–Crippen MR) is 52.6 cm³/mol. The zero-order valence-corrected chi connectivity index (χ0v) is 8.55. The highest BCUT2D eigenvalue weighted by Gasteiger charge is 2.26. The second-order valence-corrected chi connectivity index (χ2v) is 3.80. The summed E-state index contributed by atoms with van der Waals surface area (Å²) >= 11 is 0. The summed E-state index contributed by atoms with van der Waals surface area (Å²) in [4.78, 5) is 0. The minimum absolute atomic E-state index is 0.326. The maximum atomic E-state index is 12.1. The van der Waals surface area contributed by atoms with Gasteiger partial charge < -0.3 is 22.4 Å². The molecule has 0 radical (unpaired) electrons. The normalized spacial score (nSPS) is 19.1. The van der Waals surface area contributed by atoms with E-state index >= 15 is 0 Å². The summed E-state index contributed by atoms with van der Waals surface area (Å²) in [5.74, 6) is 0.326. The summed E-state index contributed by atoms with van der Waals surface area (Å²) in [6, 6.07) is 0. The first kappa shape index (κ1) is 12.6. The Morgan fingerprint density at radius 1 is 1.33 bits per heavy atom. The Bertz CT molecular complexity index is 212. The fraction of sp³-hybridized carbons (Fsp3) is 0.778. The molecule has 1 heterocycles. The van der Waals surface area contributed by atoms with Gasteiger partial charge in [-0.2, -0.15) is 0 Å². The number of rotatable bonds is 5. The quantitative estimate of drug-likeness (QED) is 0.666. The van der Waals surface area contributed by atoms with Crippen molar-refractivity contribution >= 4 is 6.98 Å². The van der Waals surface area contributed by atoms with Crippen LogP contribution in [-0.2, 0) is 9.47 Å². The predicted octanol–water partition coefficient (Wildman–Crippen LogP) is 2.37. The van der Waals surface area contributed by atoms with Crippen LogP contribution >= 0.6 is 0 Å². The second-order valence-electron chi connectivity index (χ2n) is 3.80. The van der Waals surface area contributed by atoms with Crippen LogP contribution in [0.5, 0.6) is 0 Å². The summed E-state index contributed by atoms with van der Waals surface area (Å²) in [6.07, 6.45) is 1.73. The number of halogens is 3. The Labute approximate surface area is 87.5 Å². The largest absolute Gasteiger partial charge is 0.507 e. The average Bonchev–Trinajstić information content (AvgIpc) is 2.18. The van der Waals surface area contributed by atoms with Gasteiger partial charge in [0, 0.05) is 26.4 Å². The van der Waals surface area contributed by atoms with E-state index in [0.29, 0.717) is 25.7 Å². The van der Waals surface area contributed by atoms with Crippen molar-refractivity contribution in [3.05, 3.63) is 12.1 Å². The molecule has 0 aromatic carbocycles. The zero-order valence-electron chi connectivity index (χ0n) is 8.55. The van der Waals surface area contributed by atoms with Crippen LogP contribution in [0.25, 0.3) is 0 Å². The zero-order chi connectivity index (χ0) is 11.3. The van der Waals surface area contributed by atoms with Crippen LogP contribution in [0.15, 0.2) is 12.1 Å². The van der Waals surface area contributed by atoms with Gasteiger partial charge in [0.1, 0.15) is 0 Å². The molecule has 2 nitrogen and oxygen atoms in total. The molecule has 0 aliphatic carbocycles. The molecule has 0 aromatic heterocycles. The summed E-state index contributed by atoms with van der Waals surface area (Å²) in [5.41, 5.74) is -0.762. The Morgan fingerprint density at radius 2 is 1.93 bits per heavy atom. The molecule has 6 heteroatoms. The van der Waals surface area contributed by atoms with E-state index in [1.807, 2.05) is 0 Å². The summed E-state index contributed by atoms with van der Waals surface area (Å²) < 4.78 is 46.4. The number of hydrogen-bond acceptors (Lipinski definition) is 2. The van der Waals surface area contributed by atoms with Gasteiger partial charge in [-0.3, -0.25) is 0 Å². The van der Waals surface area contributed by atoms with Crippen LogP contribution in [-0.4, -0.2) is 33.4 Å². The molecule has 1 fully saturated rings. The van der Waals surface area contributed by atoms with E-state index in [1.54, 1.807) is 0 Å². The van der Waals surface area contributed by atoms with E-state index in [-0.39, 0.29) is 0 Å². The standard InChI is InChI=1S/C9H15BF3O2/c1-8(10(11,12)13)6-15-7-9-2-4-14-5-3-9/h9H,1-7H2/q-1. The molecule has 0 atom stereocenters. The fourth-order valence-electron chi connectivity index (χ4n) is 1.36. The van der Waals surface area contributed by atoms with Gasteiger partial charge in [0.2, 0.25) is 0 Å². The second kappa shape index (κ2) is 5.56. The van der Waals surface area contributed by atoms with Crippen molar-refractivity contribution in [1.29, 1.82) is 0 Å². The maximum Gasteiger partial charge on any atom is 0.507 e. The van der Waals surface area contributed by atoms with Gasteiger partial charge in [-0.25, -0.2) is 0 Å². The lowest BCUT2D eigenvalue weighted by atomic mass is 9.81. The van der Waals surface area contributed by atoms with Crippen molar-refractivity contribution < 1.29 is 22.4 Å². The molecule has 15 heavy (non-hydrogen) atoms. The molecular weight excluding hydrogens is 208 g/mol. The van der Waals surface area contributed by atoms with Crippen molar-refractivity contribution in [3.8, 4) is 0 Å². The first-order valence-corrected chi connectivity index (χ1v) is 5.03. The Kier molecular flexibility index (Phi) is 4.66. The van der Waals surface area contributed by atoms with E-state index in [1.165, 1.54) is 0 Å². The van der Waals surface area contributed by atoms with Crippen LogP contribution in [0, 0.1) is 5.92 Å². The SMILES string of the molecule is C=C(COCC1CCOCC1)[B-](F)(F)F. The van der Waals surface area contributed by atoms with Crippen LogP contribution in [0.1, 0.15) is 12.8 Å². The summed E-state index contributed by atoms with van der Waals surface area (Å²) in [5, 5.41) is 0. The summed E-state index contributed by atoms with van der Waals surface area (Å²) in [6.45, 7) is -0.660. The maximum absolute atomic E-state index is 12.1. The summed E-state index contributed by atoms with van der Waals surface area (Å²) in [7, 11) is 0. The van der Waals surface area contributed by atoms with Crippen molar-refractivity contribution in [1.82, 2.24) is 0 Å². The Balaban J connectivity index is 2.12. The van der Waals surface area contributed by atoms with E-state index in [2.05, 4.69) is 6.58 Å². The molecule has 0 saturated carbocycles. The van der Waals surface area contributed by atoms with Crippen molar-refractivity contribution in [2.24, 2.45) is 5.92 Å². The lowest BCUT2D eigenvalue weighted by Crippen LogP contribution is -2.25. The Hall–Kier alpha value is -0.485. The van der Waals surface area contributed by atoms with Gasteiger partial charge in [-0.15, -0.1) is 12.1 Å². The molecule has 1 saturated heterocycles. The van der Waals surface area contributed by atoms with Crippen molar-refractivity contribution in [2.75, 3.05) is 26.4 Å². The molecule has 1 rings (SSSR count). The molecule has 0 aromatic rings. The minimum Gasteiger partial charge on any atom is -0.445 e. The van der Waals surface area contributed by atoms with Crippen molar-refractivity contribution in [2.45, 2.75) is 12.8 Å². The fourth-order valence-corrected chi connectivity index (χ4v) is 1.36. The van der Waals surface area contributed by atoms with E-state index in [9.17, 15) is 12.9 Å². The third-order valence-corrected chi connectivity index (χ3v) is 2.44. The minimum atomic E-state index is -4.95. The lowest BCUT2D eigenvalue weighted by molar-refractivity contribution is 0.0262. The van der Waals surface area contributed by atoms with Crippen molar-refractivity contribution in [3.63, 3.8) is 0 Å². The Morgan fingerprint density at radius 3 is 2.47 bits per heavy atom. The molecule has 0 N–H and O–H groups in total. The molecule has 0 amide bonds. The van der Waals surface area contributed by atoms with Gasteiger partial charge in [-0.1, -0.05) is 0 Å². The number of hydrogen-bond donors (Lipinski definition) is 0. The van der Waals surface area contributed by atoms with Gasteiger partial charge in [-0.05, 0) is 18.8 Å². The molecular formula is C9H15BF3O2-. The van der Waals surface area contributed by atoms with E-state index < -0.39 is 19.1 Å². The molecule has 0 bridgehead atoms. The molecule has 0 unspecified atom stereocenters. The first-order valence-electron chi connectivity index (χ1n) is 5.03. The number of ether oxygens (including phenoxy) is 2. The topological polar surface area (TPSA) is 18.5 Å². The monoisotopic (exact) mass is 223 g/mol. The molecule has 0 spiro atoms. The van der Waals surface area contributed by atoms with E-state index in [4.69, 9.17) is 9.47 Å². The lowest BCUT2D eigenvalue weighted by Gasteiger charge is -2.23. The molecule has 1 aliphatic heterocycles. The smallest absolute Gasteiger partial charge is 0.445 e. The van der Waals surface area contributed by atoms with Gasteiger partial charge >= 0.3 is 6.98 Å². The van der Waals surface area contributed by atoms with Gasteiger partial charge in [0.05, 0.1) is 0 Å². The third kappa shape index (κ3) is 4.71. The highest BCUT2D eigenvalue weighted by Crippen LogP contribution is 2.19. The van der Waals surface area contributed by atoms with Gasteiger partial charge in [0.15, 0.2) is 0 Å². The average molecular weight is 223 g/mol. The molecule has 88 valence electrons. The van der Waals surface area contributed by atoms with Crippen LogP contribution in [0.4, 0.5) is 12.9 Å². The van der Waals surface area contributed by atoms with Crippen LogP contribution < -0.4 is 0 Å². The molecule has 1 aliphatic rings. The highest BCUT2D eigenvalue weighted by molar-refractivity contribution is 6.66. The van der Waals surface area contributed by atoms with Gasteiger partial charge in [0.25, 0.3) is 0 Å². The van der Waals surface area contributed by atoms with Crippen LogP contribution in [0.2, 0.25) is 0 Å². The first-order chi connectivity index (χ1) is 7.00. The van der Waals surface area contributed by atoms with Crippen LogP contribution in [0.3, 0.4) is 0 Å². The van der Waals surface area contributed by atoms with E-state index in [0.717, 1.165) is 12.8 Å².